The van der Waals surface area contributed by atoms with Gasteiger partial charge in [0, 0.05) is 23.1 Å². The van der Waals surface area contributed by atoms with E-state index in [-0.39, 0.29) is 6.54 Å². The number of carboxylic acid groups (broad SMARTS) is 1. The van der Waals surface area contributed by atoms with Gasteiger partial charge < -0.3 is 5.11 Å². The molecule has 0 spiro atoms. The number of carbonyl (C=O) groups is 1. The molecule has 0 fully saturated rings. The number of aryl methyl sites for hydroxylation is 2. The van der Waals surface area contributed by atoms with Gasteiger partial charge in [0.05, 0.1) is 5.03 Å². The van der Waals surface area contributed by atoms with E-state index < -0.39 is 17.2 Å². The van der Waals surface area contributed by atoms with E-state index in [4.69, 9.17) is 5.11 Å². The molecule has 0 aliphatic carbocycles. The Bertz CT molecular complexity index is 921. The average molecular weight is 360 g/mol. The van der Waals surface area contributed by atoms with E-state index in [0.29, 0.717) is 17.0 Å². The Labute approximate surface area is 149 Å². The minimum absolute atomic E-state index is 0.0715. The molecule has 0 saturated heterocycles. The van der Waals surface area contributed by atoms with Crippen LogP contribution in [-0.4, -0.2) is 20.6 Å². The van der Waals surface area contributed by atoms with Crippen molar-refractivity contribution in [1.29, 1.82) is 0 Å². The third kappa shape index (κ3) is 4.73. The second kappa shape index (κ2) is 8.02. The zero-order chi connectivity index (χ0) is 18.6. The van der Waals surface area contributed by atoms with E-state index in [0.717, 1.165) is 22.1 Å². The topological polar surface area (TPSA) is 92.2 Å². The molecule has 1 aromatic heterocycles. The Hall–Kier alpha value is -2.54. The number of nitrogens with zero attached hydrogens (tertiary/aromatic N) is 1. The molecule has 0 amide bonds. The fourth-order valence-corrected chi connectivity index (χ4v) is 3.89. The Morgan fingerprint density at radius 1 is 1.24 bits per heavy atom. The van der Waals surface area contributed by atoms with Crippen LogP contribution in [0.5, 0.6) is 0 Å². The van der Waals surface area contributed by atoms with E-state index in [1.165, 1.54) is 22.4 Å². The van der Waals surface area contributed by atoms with Crippen LogP contribution in [0, 0.1) is 13.8 Å². The summed E-state index contributed by atoms with van der Waals surface area (Å²) >= 11 is 1.34. The summed E-state index contributed by atoms with van der Waals surface area (Å²) in [5.41, 5.74) is 1.73. The average Bonchev–Trinajstić information content (AvgIpc) is 2.49. The van der Waals surface area contributed by atoms with E-state index in [9.17, 15) is 14.4 Å². The number of aromatic nitrogens is 2. The SMILES string of the molecule is CCc1c(Sc2cc(C)cc(C)c2)n(CC=CC(=O)O)c(=O)[nH]c1=O. The summed E-state index contributed by atoms with van der Waals surface area (Å²) in [5.74, 6) is -1.09. The van der Waals surface area contributed by atoms with Crippen LogP contribution in [0.3, 0.4) is 0 Å². The first-order chi connectivity index (χ1) is 11.8. The molecule has 0 aliphatic rings. The molecule has 0 aliphatic heterocycles. The van der Waals surface area contributed by atoms with E-state index >= 15 is 0 Å². The van der Waals surface area contributed by atoms with Crippen molar-refractivity contribution in [3.63, 3.8) is 0 Å². The second-order valence-corrected chi connectivity index (χ2v) is 6.74. The molecule has 0 saturated carbocycles. The maximum absolute atomic E-state index is 12.2. The smallest absolute Gasteiger partial charge is 0.329 e. The van der Waals surface area contributed by atoms with Gasteiger partial charge in [-0.05, 0) is 43.5 Å². The number of nitrogens with one attached hydrogen (secondary N) is 1. The van der Waals surface area contributed by atoms with Gasteiger partial charge in [-0.3, -0.25) is 14.3 Å². The van der Waals surface area contributed by atoms with Crippen LogP contribution in [0.1, 0.15) is 23.6 Å². The van der Waals surface area contributed by atoms with Crippen molar-refractivity contribution >= 4 is 17.7 Å². The lowest BCUT2D eigenvalue weighted by Crippen LogP contribution is -2.33. The van der Waals surface area contributed by atoms with Crippen molar-refractivity contribution in [2.75, 3.05) is 0 Å². The number of H-pyrrole nitrogens is 1. The van der Waals surface area contributed by atoms with Crippen LogP contribution in [0.4, 0.5) is 0 Å². The Morgan fingerprint density at radius 3 is 2.44 bits per heavy atom. The predicted octanol–water partition coefficient (Wildman–Crippen LogP) is 2.51. The Balaban J connectivity index is 2.57. The molecule has 2 N–H and O–H groups in total. The van der Waals surface area contributed by atoms with Gasteiger partial charge in [0.2, 0.25) is 0 Å². The number of carboxylic acids is 1. The summed E-state index contributed by atoms with van der Waals surface area (Å²) in [4.78, 5) is 38.3. The van der Waals surface area contributed by atoms with E-state index in [2.05, 4.69) is 4.98 Å². The van der Waals surface area contributed by atoms with Gasteiger partial charge in [-0.25, -0.2) is 9.59 Å². The van der Waals surface area contributed by atoms with Crippen molar-refractivity contribution in [3.05, 3.63) is 67.9 Å². The molecule has 2 aromatic rings. The van der Waals surface area contributed by atoms with Crippen LogP contribution >= 0.6 is 11.8 Å². The van der Waals surface area contributed by atoms with Crippen LogP contribution in [-0.2, 0) is 17.8 Å². The number of hydrogen-bond donors (Lipinski definition) is 2. The second-order valence-electron chi connectivity index (χ2n) is 5.67. The summed E-state index contributed by atoms with van der Waals surface area (Å²) in [5, 5.41) is 9.27. The lowest BCUT2D eigenvalue weighted by Gasteiger charge is -2.14. The van der Waals surface area contributed by atoms with Crippen LogP contribution < -0.4 is 11.2 Å². The fraction of sp³-hybridized carbons (Fsp3) is 0.278. The normalized spacial score (nSPS) is 11.2. The zero-order valence-corrected chi connectivity index (χ0v) is 15.1. The van der Waals surface area contributed by atoms with Gasteiger partial charge in [0.15, 0.2) is 0 Å². The molecule has 1 aromatic carbocycles. The molecule has 0 unspecified atom stereocenters. The molecule has 25 heavy (non-hydrogen) atoms. The minimum Gasteiger partial charge on any atom is -0.478 e. The van der Waals surface area contributed by atoms with Crippen molar-refractivity contribution in [1.82, 2.24) is 9.55 Å². The van der Waals surface area contributed by atoms with E-state index in [1.54, 1.807) is 0 Å². The standard InChI is InChI=1S/C18H20N2O4S/c1-4-14-16(23)19-18(24)20(7-5-6-15(21)22)17(14)25-13-9-11(2)8-12(3)10-13/h5-6,8-10H,4,7H2,1-3H3,(H,21,22)(H,19,23,24). The highest BCUT2D eigenvalue weighted by molar-refractivity contribution is 7.99. The first-order valence-corrected chi connectivity index (χ1v) is 8.65. The van der Waals surface area contributed by atoms with Crippen LogP contribution in [0.15, 0.2) is 49.9 Å². The predicted molar refractivity (Wildman–Crippen MR) is 97.5 cm³/mol. The minimum atomic E-state index is -1.09. The number of rotatable bonds is 6. The first-order valence-electron chi connectivity index (χ1n) is 7.83. The Kier molecular flexibility index (Phi) is 6.03. The molecule has 6 nitrogen and oxygen atoms in total. The summed E-state index contributed by atoms with van der Waals surface area (Å²) in [6.07, 6.45) is 2.83. The number of hydrogen-bond acceptors (Lipinski definition) is 4. The summed E-state index contributed by atoms with van der Waals surface area (Å²) in [6, 6.07) is 6.02. The lowest BCUT2D eigenvalue weighted by atomic mass is 10.2. The van der Waals surface area contributed by atoms with Crippen molar-refractivity contribution in [3.8, 4) is 0 Å². The van der Waals surface area contributed by atoms with Crippen LogP contribution in [0.25, 0.3) is 0 Å². The third-order valence-electron chi connectivity index (χ3n) is 3.55. The van der Waals surface area contributed by atoms with Gasteiger partial charge in [-0.15, -0.1) is 0 Å². The molecule has 0 radical (unpaired) electrons. The Morgan fingerprint density at radius 2 is 1.88 bits per heavy atom. The molecule has 0 bridgehead atoms. The first kappa shape index (κ1) is 18.8. The third-order valence-corrected chi connectivity index (χ3v) is 4.69. The largest absolute Gasteiger partial charge is 0.478 e. The quantitative estimate of drug-likeness (QED) is 0.610. The summed E-state index contributed by atoms with van der Waals surface area (Å²) in [6.45, 7) is 5.89. The van der Waals surface area contributed by atoms with Gasteiger partial charge in [0.1, 0.15) is 0 Å². The highest BCUT2D eigenvalue weighted by Gasteiger charge is 2.15. The van der Waals surface area contributed by atoms with Crippen molar-refractivity contribution in [2.24, 2.45) is 0 Å². The number of allylic oxidation sites excluding steroid dienone is 1. The molecular weight excluding hydrogens is 340 g/mol. The zero-order valence-electron chi connectivity index (χ0n) is 14.3. The highest BCUT2D eigenvalue weighted by Crippen LogP contribution is 2.30. The lowest BCUT2D eigenvalue weighted by molar-refractivity contribution is -0.131. The summed E-state index contributed by atoms with van der Waals surface area (Å²) in [7, 11) is 0. The van der Waals surface area contributed by atoms with Crippen LogP contribution in [0.2, 0.25) is 0 Å². The van der Waals surface area contributed by atoms with Gasteiger partial charge in [-0.1, -0.05) is 30.8 Å². The fourth-order valence-electron chi connectivity index (χ4n) is 2.55. The monoisotopic (exact) mass is 360 g/mol. The summed E-state index contributed by atoms with van der Waals surface area (Å²) < 4.78 is 1.39. The maximum atomic E-state index is 12.2. The van der Waals surface area contributed by atoms with Gasteiger partial charge >= 0.3 is 11.7 Å². The number of aromatic amines is 1. The molecule has 1 heterocycles. The van der Waals surface area contributed by atoms with E-state index in [1.807, 2.05) is 39.0 Å². The van der Waals surface area contributed by atoms with Crippen molar-refractivity contribution < 1.29 is 9.90 Å². The maximum Gasteiger partial charge on any atom is 0.329 e. The molecule has 132 valence electrons. The van der Waals surface area contributed by atoms with Crippen molar-refractivity contribution in [2.45, 2.75) is 43.7 Å². The molecular formula is C18H20N2O4S. The molecule has 0 atom stereocenters. The number of aliphatic carboxylic acids is 1. The number of benzene rings is 1. The van der Waals surface area contributed by atoms with Gasteiger partial charge in [0.25, 0.3) is 5.56 Å². The van der Waals surface area contributed by atoms with Gasteiger partial charge in [-0.2, -0.15) is 0 Å². The molecule has 2 rings (SSSR count). The highest BCUT2D eigenvalue weighted by atomic mass is 32.2. The molecule has 7 heteroatoms.